The third-order valence-corrected chi connectivity index (χ3v) is 3.54. The first kappa shape index (κ1) is 22.1. The summed E-state index contributed by atoms with van der Waals surface area (Å²) in [6, 6.07) is 5.60. The lowest BCUT2D eigenvalue weighted by Gasteiger charge is -2.30. The van der Waals surface area contributed by atoms with Crippen molar-refractivity contribution in [1.29, 1.82) is 0 Å². The second-order valence-electron chi connectivity index (χ2n) is 8.41. The molecule has 0 saturated heterocycles. The van der Waals surface area contributed by atoms with Crippen LogP contribution in [0.3, 0.4) is 0 Å². The molecule has 1 heterocycles. The Morgan fingerprint density at radius 3 is 2.00 bits per heavy atom. The van der Waals surface area contributed by atoms with Crippen molar-refractivity contribution in [3.05, 3.63) is 40.2 Å². The summed E-state index contributed by atoms with van der Waals surface area (Å²) in [6.45, 7) is 9.96. The number of amides is 2. The summed E-state index contributed by atoms with van der Waals surface area (Å²) in [6.07, 6.45) is -1.38. The van der Waals surface area contributed by atoms with E-state index in [2.05, 4.69) is 0 Å². The summed E-state index contributed by atoms with van der Waals surface area (Å²) in [7, 11) is 0. The molecule has 2 amide bonds. The van der Waals surface area contributed by atoms with Crippen LogP contribution < -0.4 is 10.5 Å². The molecule has 0 aliphatic heterocycles. The van der Waals surface area contributed by atoms with E-state index >= 15 is 0 Å². The topological polar surface area (TPSA) is 103 Å². The van der Waals surface area contributed by atoms with Crippen LogP contribution in [0.15, 0.2) is 33.5 Å². The second kappa shape index (κ2) is 8.06. The van der Waals surface area contributed by atoms with Crippen molar-refractivity contribution in [2.24, 2.45) is 0 Å². The molecule has 156 valence electrons. The lowest BCUT2D eigenvalue weighted by molar-refractivity contribution is -0.107. The van der Waals surface area contributed by atoms with Crippen LogP contribution in [0.5, 0.6) is 0 Å². The highest BCUT2D eigenvalue weighted by atomic mass is 16.6. The van der Waals surface area contributed by atoms with E-state index in [-0.39, 0.29) is 17.7 Å². The third-order valence-electron chi connectivity index (χ3n) is 3.54. The van der Waals surface area contributed by atoms with Gasteiger partial charge in [0.15, 0.2) is 0 Å². The summed E-state index contributed by atoms with van der Waals surface area (Å²) in [5, 5.41) is 0.292. The van der Waals surface area contributed by atoms with Crippen LogP contribution >= 0.6 is 0 Å². The average molecular weight is 403 g/mol. The van der Waals surface area contributed by atoms with Gasteiger partial charge in [-0.3, -0.25) is 0 Å². The van der Waals surface area contributed by atoms with Gasteiger partial charge in [0.1, 0.15) is 23.1 Å². The van der Waals surface area contributed by atoms with Crippen molar-refractivity contribution >= 4 is 35.1 Å². The normalized spacial score (nSPS) is 11.8. The summed E-state index contributed by atoms with van der Waals surface area (Å²) in [4.78, 5) is 49.5. The van der Waals surface area contributed by atoms with Gasteiger partial charge in [-0.25, -0.2) is 14.4 Å². The minimum Gasteiger partial charge on any atom is -0.443 e. The van der Waals surface area contributed by atoms with Gasteiger partial charge in [0.25, 0.3) is 0 Å². The van der Waals surface area contributed by atoms with Gasteiger partial charge in [-0.05, 0) is 59.2 Å². The van der Waals surface area contributed by atoms with E-state index < -0.39 is 29.0 Å². The highest BCUT2D eigenvalue weighted by Crippen LogP contribution is 2.33. The fourth-order valence-corrected chi connectivity index (χ4v) is 2.57. The number of nitrogens with zero attached hydrogens (tertiary/aromatic N) is 1. The predicted octanol–water partition coefficient (Wildman–Crippen LogP) is 4.21. The van der Waals surface area contributed by atoms with Gasteiger partial charge in [0.05, 0.1) is 5.69 Å². The lowest BCUT2D eigenvalue weighted by atomic mass is 10.0. The maximum Gasteiger partial charge on any atom is 0.424 e. The Morgan fingerprint density at radius 1 is 0.966 bits per heavy atom. The molecule has 0 aliphatic rings. The molecule has 0 spiro atoms. The van der Waals surface area contributed by atoms with Crippen LogP contribution in [-0.4, -0.2) is 29.7 Å². The van der Waals surface area contributed by atoms with Gasteiger partial charge in [0.2, 0.25) is 0 Å². The molecule has 2 aromatic rings. The first-order chi connectivity index (χ1) is 13.3. The molecule has 0 atom stereocenters. The average Bonchev–Trinajstić information content (AvgIpc) is 2.53. The largest absolute Gasteiger partial charge is 0.443 e. The Bertz CT molecular complexity index is 965. The Labute approximate surface area is 168 Å². The van der Waals surface area contributed by atoms with E-state index in [0.29, 0.717) is 17.2 Å². The monoisotopic (exact) mass is 403 g/mol. The molecule has 0 radical (unpaired) electrons. The molecule has 1 aromatic heterocycles. The smallest absolute Gasteiger partial charge is 0.424 e. The zero-order valence-electron chi connectivity index (χ0n) is 17.4. The van der Waals surface area contributed by atoms with Crippen molar-refractivity contribution in [2.45, 2.75) is 59.2 Å². The maximum atomic E-state index is 13.0. The van der Waals surface area contributed by atoms with E-state index in [9.17, 15) is 19.2 Å². The van der Waals surface area contributed by atoms with Gasteiger partial charge >= 0.3 is 17.8 Å². The molecule has 0 N–H and O–H groups in total. The van der Waals surface area contributed by atoms with Gasteiger partial charge in [-0.15, -0.1) is 0 Å². The van der Waals surface area contributed by atoms with Crippen LogP contribution in [0, 0.1) is 0 Å². The Kier molecular flexibility index (Phi) is 6.15. The van der Waals surface area contributed by atoms with E-state index in [1.54, 1.807) is 41.5 Å². The first-order valence-corrected chi connectivity index (χ1v) is 9.08. The number of ether oxygens (including phenoxy) is 2. The molecule has 0 unspecified atom stereocenters. The number of hydrogen-bond acceptors (Lipinski definition) is 7. The Morgan fingerprint density at radius 2 is 1.52 bits per heavy atom. The maximum absolute atomic E-state index is 13.0. The van der Waals surface area contributed by atoms with Gasteiger partial charge in [-0.1, -0.05) is 6.07 Å². The van der Waals surface area contributed by atoms with E-state index in [4.69, 9.17) is 13.9 Å². The molecule has 8 nitrogen and oxygen atoms in total. The zero-order chi connectivity index (χ0) is 22.0. The zero-order valence-corrected chi connectivity index (χ0v) is 17.4. The fraction of sp³-hybridized carbons (Fsp3) is 0.429. The Hall–Kier alpha value is -3.16. The third kappa shape index (κ3) is 5.66. The molecule has 29 heavy (non-hydrogen) atoms. The van der Waals surface area contributed by atoms with Crippen molar-refractivity contribution in [2.75, 3.05) is 4.90 Å². The number of benzene rings is 1. The number of carbonyl (C=O) groups excluding carboxylic acids is 3. The lowest BCUT2D eigenvalue weighted by Crippen LogP contribution is -2.44. The second-order valence-corrected chi connectivity index (χ2v) is 8.41. The summed E-state index contributed by atoms with van der Waals surface area (Å²) in [5.74, 6) is 0. The number of anilines is 1. The molecule has 2 rings (SSSR count). The van der Waals surface area contributed by atoms with Crippen LogP contribution in [0.4, 0.5) is 15.3 Å². The number of imide groups is 1. The molecule has 0 saturated carbocycles. The van der Waals surface area contributed by atoms with Crippen molar-refractivity contribution in [3.8, 4) is 0 Å². The predicted molar refractivity (Wildman–Crippen MR) is 107 cm³/mol. The van der Waals surface area contributed by atoms with Crippen LogP contribution in [-0.2, 0) is 20.7 Å². The molecule has 1 aromatic carbocycles. The van der Waals surface area contributed by atoms with Crippen molar-refractivity contribution in [1.82, 2.24) is 0 Å². The molecular weight excluding hydrogens is 378 g/mol. The molecule has 0 bridgehead atoms. The van der Waals surface area contributed by atoms with E-state index in [0.717, 1.165) is 4.90 Å². The quantitative estimate of drug-likeness (QED) is 0.558. The van der Waals surface area contributed by atoms with Gasteiger partial charge in [-0.2, -0.15) is 4.90 Å². The minimum atomic E-state index is -0.974. The summed E-state index contributed by atoms with van der Waals surface area (Å²) >= 11 is 0. The Balaban J connectivity index is 2.76. The molecule has 0 aliphatic carbocycles. The van der Waals surface area contributed by atoms with Gasteiger partial charge in [0, 0.05) is 17.9 Å². The van der Waals surface area contributed by atoms with Crippen LogP contribution in [0.1, 0.15) is 47.1 Å². The standard InChI is InChI=1S/C21H25NO7/c1-20(2,3)28-18(25)22(19(26)29-21(4,5)6)17-13(11-12-23)7-9-15-14(17)8-10-16(24)27-15/h7-10,12H,11H2,1-6H3. The number of fused-ring (bicyclic) bond motifs is 1. The fourth-order valence-electron chi connectivity index (χ4n) is 2.57. The molecule has 0 fully saturated rings. The highest BCUT2D eigenvalue weighted by molar-refractivity contribution is 6.15. The number of hydrogen-bond donors (Lipinski definition) is 0. The van der Waals surface area contributed by atoms with Crippen molar-refractivity contribution < 1.29 is 28.3 Å². The highest BCUT2D eigenvalue weighted by Gasteiger charge is 2.35. The van der Waals surface area contributed by atoms with Crippen molar-refractivity contribution in [3.63, 3.8) is 0 Å². The van der Waals surface area contributed by atoms with E-state index in [1.165, 1.54) is 24.3 Å². The first-order valence-electron chi connectivity index (χ1n) is 9.08. The SMILES string of the molecule is CC(C)(C)OC(=O)N(C(=O)OC(C)(C)C)c1c(CC=O)ccc2oc(=O)ccc12. The van der Waals surface area contributed by atoms with Gasteiger partial charge < -0.3 is 18.7 Å². The number of rotatable bonds is 3. The molecule has 8 heteroatoms. The van der Waals surface area contributed by atoms with E-state index in [1.807, 2.05) is 0 Å². The van der Waals surface area contributed by atoms with Crippen LogP contribution in [0.2, 0.25) is 0 Å². The molecular formula is C21H25NO7. The number of carbonyl (C=O) groups is 3. The number of aldehydes is 1. The summed E-state index contributed by atoms with van der Waals surface area (Å²) < 4.78 is 16.0. The summed E-state index contributed by atoms with van der Waals surface area (Å²) in [5.41, 5.74) is -1.77. The minimum absolute atomic E-state index is 0.0712. The van der Waals surface area contributed by atoms with Crippen LogP contribution in [0.25, 0.3) is 11.0 Å².